The van der Waals surface area contributed by atoms with Crippen molar-refractivity contribution in [2.45, 2.75) is 23.6 Å². The summed E-state index contributed by atoms with van der Waals surface area (Å²) in [6.07, 6.45) is 0. The zero-order valence-electron chi connectivity index (χ0n) is 14.7. The third-order valence-electron chi connectivity index (χ3n) is 3.71. The molecular formula is C14H14N2Na2O6S2. The van der Waals surface area contributed by atoms with E-state index in [2.05, 4.69) is 0 Å². The fourth-order valence-corrected chi connectivity index (χ4v) is 3.33. The first-order valence-electron chi connectivity index (χ1n) is 6.54. The van der Waals surface area contributed by atoms with Gasteiger partial charge in [0.15, 0.2) is 0 Å². The maximum Gasteiger partial charge on any atom is 1.00 e. The number of hydrogen-bond acceptors (Lipinski definition) is 8. The van der Waals surface area contributed by atoms with Crippen LogP contribution in [0.25, 0.3) is 11.1 Å². The molecule has 2 rings (SSSR count). The van der Waals surface area contributed by atoms with Crippen LogP contribution in [0.1, 0.15) is 11.1 Å². The Hall–Kier alpha value is -0.140. The van der Waals surface area contributed by atoms with Gasteiger partial charge in [-0.05, 0) is 60.4 Å². The second-order valence-electron chi connectivity index (χ2n) is 5.28. The van der Waals surface area contributed by atoms with Gasteiger partial charge < -0.3 is 20.6 Å². The van der Waals surface area contributed by atoms with Crippen molar-refractivity contribution in [1.82, 2.24) is 0 Å². The first kappa shape index (κ1) is 25.9. The third-order valence-corrected chi connectivity index (χ3v) is 5.34. The Morgan fingerprint density at radius 1 is 0.692 bits per heavy atom. The second-order valence-corrected chi connectivity index (χ2v) is 8.04. The van der Waals surface area contributed by atoms with Crippen LogP contribution in [0, 0.1) is 13.8 Å². The van der Waals surface area contributed by atoms with Crippen LogP contribution in [0.4, 0.5) is 11.4 Å². The Morgan fingerprint density at radius 3 is 1.19 bits per heavy atom. The van der Waals surface area contributed by atoms with Gasteiger partial charge in [0.2, 0.25) is 0 Å². The number of rotatable bonds is 3. The fourth-order valence-electron chi connectivity index (χ4n) is 2.27. The smallest absolute Gasteiger partial charge is 0.744 e. The van der Waals surface area contributed by atoms with Gasteiger partial charge >= 0.3 is 59.1 Å². The van der Waals surface area contributed by atoms with E-state index in [9.17, 15) is 25.9 Å². The van der Waals surface area contributed by atoms with Gasteiger partial charge in [-0.15, -0.1) is 0 Å². The molecule has 0 aliphatic carbocycles. The maximum atomic E-state index is 11.3. The summed E-state index contributed by atoms with van der Waals surface area (Å²) in [7, 11) is -9.55. The fraction of sp³-hybridized carbons (Fsp3) is 0.143. The molecule has 0 saturated carbocycles. The van der Waals surface area contributed by atoms with E-state index in [0.717, 1.165) is 24.3 Å². The predicted molar refractivity (Wildman–Crippen MR) is 86.1 cm³/mol. The van der Waals surface area contributed by atoms with Gasteiger partial charge in [-0.3, -0.25) is 0 Å². The van der Waals surface area contributed by atoms with Crippen molar-refractivity contribution in [1.29, 1.82) is 0 Å². The van der Waals surface area contributed by atoms with Gasteiger partial charge in [0, 0.05) is 11.4 Å². The van der Waals surface area contributed by atoms with E-state index in [4.69, 9.17) is 11.5 Å². The van der Waals surface area contributed by atoms with Gasteiger partial charge in [-0.1, -0.05) is 0 Å². The van der Waals surface area contributed by atoms with Crippen LogP contribution < -0.4 is 70.6 Å². The largest absolute Gasteiger partial charge is 1.00 e. The third kappa shape index (κ3) is 5.44. The molecule has 0 aromatic heterocycles. The van der Waals surface area contributed by atoms with E-state index in [1.54, 1.807) is 13.8 Å². The van der Waals surface area contributed by atoms with Crippen molar-refractivity contribution in [3.8, 4) is 11.1 Å². The van der Waals surface area contributed by atoms with Gasteiger partial charge in [0.1, 0.15) is 20.2 Å². The van der Waals surface area contributed by atoms with Crippen molar-refractivity contribution in [3.63, 3.8) is 0 Å². The van der Waals surface area contributed by atoms with E-state index in [-0.39, 0.29) is 81.6 Å². The zero-order valence-corrected chi connectivity index (χ0v) is 20.4. The van der Waals surface area contributed by atoms with E-state index >= 15 is 0 Å². The standard InChI is InChI=1S/C14H16N2O6S2.2Na/c1-7-11(3-9(5-13(7)15)23(17,18)19)12-4-10(24(20,21)22)6-14(16)8(12)2;;/h3-6H,15-16H2,1-2H3,(H,17,18,19)(H,20,21,22);;/q;2*+1/p-2. The van der Waals surface area contributed by atoms with E-state index in [1.807, 2.05) is 0 Å². The molecule has 2 aromatic rings. The monoisotopic (exact) mass is 416 g/mol. The molecule has 0 spiro atoms. The second kappa shape index (κ2) is 8.91. The quantitative estimate of drug-likeness (QED) is 0.285. The Bertz CT molecular complexity index is 968. The first-order chi connectivity index (χ1) is 10.8. The van der Waals surface area contributed by atoms with E-state index < -0.39 is 30.0 Å². The van der Waals surface area contributed by atoms with Gasteiger partial charge in [-0.25, -0.2) is 16.8 Å². The van der Waals surface area contributed by atoms with E-state index in [1.165, 1.54) is 0 Å². The molecular weight excluding hydrogens is 402 g/mol. The Balaban J connectivity index is 0.00000312. The van der Waals surface area contributed by atoms with Crippen LogP contribution in [0.3, 0.4) is 0 Å². The molecule has 0 amide bonds. The summed E-state index contributed by atoms with van der Waals surface area (Å²) >= 11 is 0. The molecule has 12 heteroatoms. The summed E-state index contributed by atoms with van der Waals surface area (Å²) < 4.78 is 67.7. The molecule has 0 saturated heterocycles. The van der Waals surface area contributed by atoms with Crippen molar-refractivity contribution in [2.75, 3.05) is 11.5 Å². The zero-order chi connectivity index (χ0) is 18.4. The molecule has 8 nitrogen and oxygen atoms in total. The molecule has 0 aliphatic rings. The Labute approximate surface area is 196 Å². The average Bonchev–Trinajstić information content (AvgIpc) is 2.42. The van der Waals surface area contributed by atoms with Crippen LogP contribution >= 0.6 is 0 Å². The minimum atomic E-state index is -4.78. The average molecular weight is 416 g/mol. The van der Waals surface area contributed by atoms with Gasteiger partial charge in [-0.2, -0.15) is 0 Å². The summed E-state index contributed by atoms with van der Waals surface area (Å²) in [4.78, 5) is -1.12. The van der Waals surface area contributed by atoms with Crippen LogP contribution in [-0.2, 0) is 20.2 Å². The molecule has 0 heterocycles. The molecule has 0 unspecified atom stereocenters. The summed E-state index contributed by atoms with van der Waals surface area (Å²) in [5.41, 5.74) is 12.8. The molecule has 130 valence electrons. The van der Waals surface area contributed by atoms with E-state index in [0.29, 0.717) is 11.1 Å². The molecule has 0 bridgehead atoms. The Morgan fingerprint density at radius 2 is 0.962 bits per heavy atom. The Kier molecular flexibility index (Phi) is 8.86. The normalized spacial score (nSPS) is 11.4. The molecule has 26 heavy (non-hydrogen) atoms. The minimum absolute atomic E-state index is 0. The number of anilines is 2. The SMILES string of the molecule is Cc1c(N)cc(S(=O)(=O)[O-])cc1-c1cc(S(=O)(=O)[O-])cc(N)c1C.[Na+].[Na+]. The van der Waals surface area contributed by atoms with Crippen molar-refractivity contribution < 1.29 is 85.1 Å². The number of nitrogen functional groups attached to an aromatic ring is 2. The first-order valence-corrected chi connectivity index (χ1v) is 9.36. The van der Waals surface area contributed by atoms with Gasteiger partial charge in [0.05, 0.1) is 9.79 Å². The van der Waals surface area contributed by atoms with Crippen LogP contribution in [-0.4, -0.2) is 25.9 Å². The molecule has 0 fully saturated rings. The maximum absolute atomic E-state index is 11.3. The molecule has 0 atom stereocenters. The van der Waals surface area contributed by atoms with Crippen molar-refractivity contribution in [2.24, 2.45) is 0 Å². The number of benzene rings is 2. The summed E-state index contributed by atoms with van der Waals surface area (Å²) in [5, 5.41) is 0. The number of hydrogen-bond donors (Lipinski definition) is 2. The van der Waals surface area contributed by atoms with Crippen molar-refractivity contribution >= 4 is 31.6 Å². The number of nitrogens with two attached hydrogens (primary N) is 2. The summed E-state index contributed by atoms with van der Waals surface area (Å²) in [6, 6.07) is 4.20. The summed E-state index contributed by atoms with van der Waals surface area (Å²) in [5.74, 6) is 0. The molecule has 2 aromatic carbocycles. The van der Waals surface area contributed by atoms with Crippen LogP contribution in [0.15, 0.2) is 34.1 Å². The van der Waals surface area contributed by atoms with Gasteiger partial charge in [0.25, 0.3) is 0 Å². The molecule has 0 aliphatic heterocycles. The van der Waals surface area contributed by atoms with Crippen molar-refractivity contribution in [3.05, 3.63) is 35.4 Å². The minimum Gasteiger partial charge on any atom is -0.744 e. The van der Waals surface area contributed by atoms with Crippen LogP contribution in [0.2, 0.25) is 0 Å². The predicted octanol–water partition coefficient (Wildman–Crippen LogP) is -5.05. The topological polar surface area (TPSA) is 166 Å². The van der Waals surface area contributed by atoms with Crippen LogP contribution in [0.5, 0.6) is 0 Å². The summed E-state index contributed by atoms with van der Waals surface area (Å²) in [6.45, 7) is 3.14. The molecule has 0 radical (unpaired) electrons. The molecule has 4 N–H and O–H groups in total.